The molecule has 0 radical (unpaired) electrons. The molecule has 82 valence electrons. The van der Waals surface area contributed by atoms with E-state index in [0.717, 1.165) is 11.3 Å². The van der Waals surface area contributed by atoms with Gasteiger partial charge in [-0.3, -0.25) is 14.8 Å². The van der Waals surface area contributed by atoms with Crippen molar-refractivity contribution in [2.45, 2.75) is 18.3 Å². The number of aromatic nitrogens is 2. The number of rotatable bonds is 2. The van der Waals surface area contributed by atoms with Gasteiger partial charge >= 0.3 is 5.97 Å². The maximum atomic E-state index is 10.8. The van der Waals surface area contributed by atoms with Gasteiger partial charge in [-0.1, -0.05) is 0 Å². The Balaban J connectivity index is 2.14. The molecule has 2 N–H and O–H groups in total. The highest BCUT2D eigenvalue weighted by atomic mass is 32.2. The van der Waals surface area contributed by atoms with Crippen molar-refractivity contribution in [1.29, 1.82) is 0 Å². The van der Waals surface area contributed by atoms with Gasteiger partial charge in [0, 0.05) is 24.6 Å². The molecule has 0 spiro atoms. The van der Waals surface area contributed by atoms with Crippen LogP contribution in [-0.2, 0) is 11.8 Å². The van der Waals surface area contributed by atoms with Crippen LogP contribution in [0.4, 0.5) is 0 Å². The summed E-state index contributed by atoms with van der Waals surface area (Å²) < 4.78 is 1.75. The number of nitrogens with zero attached hydrogens (tertiary/aromatic N) is 2. The molecule has 2 rings (SSSR count). The summed E-state index contributed by atoms with van der Waals surface area (Å²) in [6, 6.07) is -0.445. The quantitative estimate of drug-likeness (QED) is 0.771. The van der Waals surface area contributed by atoms with E-state index in [-0.39, 0.29) is 5.37 Å². The number of hydrogen-bond acceptors (Lipinski definition) is 4. The summed E-state index contributed by atoms with van der Waals surface area (Å²) in [5.41, 5.74) is 2.03. The molecule has 1 unspecified atom stereocenters. The second-order valence-electron chi connectivity index (χ2n) is 3.61. The van der Waals surface area contributed by atoms with Crippen molar-refractivity contribution in [1.82, 2.24) is 15.1 Å². The van der Waals surface area contributed by atoms with Crippen molar-refractivity contribution in [3.8, 4) is 0 Å². The maximum Gasteiger partial charge on any atom is 0.321 e. The van der Waals surface area contributed by atoms with Crippen LogP contribution in [0.15, 0.2) is 6.20 Å². The van der Waals surface area contributed by atoms with Gasteiger partial charge in [-0.25, -0.2) is 0 Å². The van der Waals surface area contributed by atoms with E-state index in [9.17, 15) is 4.79 Å². The smallest absolute Gasteiger partial charge is 0.321 e. The Kier molecular flexibility index (Phi) is 2.70. The Labute approximate surface area is 91.9 Å². The number of aliphatic carboxylic acids is 1. The van der Waals surface area contributed by atoms with Crippen molar-refractivity contribution in [2.75, 3.05) is 5.75 Å². The van der Waals surface area contributed by atoms with E-state index in [1.165, 1.54) is 0 Å². The molecule has 5 nitrogen and oxygen atoms in total. The zero-order valence-corrected chi connectivity index (χ0v) is 9.41. The van der Waals surface area contributed by atoms with Crippen LogP contribution in [0.5, 0.6) is 0 Å². The molecule has 1 aliphatic heterocycles. The van der Waals surface area contributed by atoms with Crippen LogP contribution in [0.3, 0.4) is 0 Å². The van der Waals surface area contributed by atoms with E-state index in [1.807, 2.05) is 20.2 Å². The third-order valence-electron chi connectivity index (χ3n) is 2.41. The predicted octanol–water partition coefficient (Wildman–Crippen LogP) is 0.517. The molecule has 1 fully saturated rings. The van der Waals surface area contributed by atoms with E-state index < -0.39 is 12.0 Å². The third kappa shape index (κ3) is 2.00. The zero-order valence-electron chi connectivity index (χ0n) is 8.60. The Morgan fingerprint density at radius 3 is 3.00 bits per heavy atom. The summed E-state index contributed by atoms with van der Waals surface area (Å²) in [5.74, 6) is -0.180. The molecule has 6 heteroatoms. The normalized spacial score (nSPS) is 25.7. The molecule has 1 saturated heterocycles. The first kappa shape index (κ1) is 10.5. The number of carboxylic acids is 1. The Morgan fingerprint density at radius 2 is 2.53 bits per heavy atom. The van der Waals surface area contributed by atoms with E-state index in [4.69, 9.17) is 5.11 Å². The van der Waals surface area contributed by atoms with Crippen LogP contribution in [0.2, 0.25) is 0 Å². The Bertz CT molecular complexity index is 391. The second-order valence-corrected chi connectivity index (χ2v) is 4.75. The molecule has 0 saturated carbocycles. The molecule has 1 aliphatic rings. The Morgan fingerprint density at radius 1 is 1.80 bits per heavy atom. The zero-order chi connectivity index (χ0) is 11.0. The van der Waals surface area contributed by atoms with Crippen molar-refractivity contribution in [2.24, 2.45) is 7.05 Å². The van der Waals surface area contributed by atoms with Crippen molar-refractivity contribution in [3.05, 3.63) is 17.5 Å². The highest BCUT2D eigenvalue weighted by molar-refractivity contribution is 7.99. The molecule has 0 aliphatic carbocycles. The van der Waals surface area contributed by atoms with E-state index in [0.29, 0.717) is 5.75 Å². The molecular formula is C9H13N3O2S. The first-order chi connectivity index (χ1) is 7.08. The fourth-order valence-electron chi connectivity index (χ4n) is 1.67. The van der Waals surface area contributed by atoms with Crippen LogP contribution in [0.1, 0.15) is 16.6 Å². The summed E-state index contributed by atoms with van der Waals surface area (Å²) in [6.45, 7) is 1.94. The molecule has 2 atom stereocenters. The maximum absolute atomic E-state index is 10.8. The minimum Gasteiger partial charge on any atom is -0.480 e. The molecule has 0 bridgehead atoms. The number of carboxylic acid groups (broad SMARTS) is 1. The topological polar surface area (TPSA) is 67.2 Å². The number of nitrogens with one attached hydrogen (secondary N) is 1. The summed E-state index contributed by atoms with van der Waals surface area (Å²) in [4.78, 5) is 10.8. The molecule has 0 amide bonds. The van der Waals surface area contributed by atoms with Crippen LogP contribution in [-0.4, -0.2) is 32.7 Å². The molecule has 2 heterocycles. The summed E-state index contributed by atoms with van der Waals surface area (Å²) >= 11 is 1.61. The lowest BCUT2D eigenvalue weighted by Gasteiger charge is -2.09. The lowest BCUT2D eigenvalue weighted by atomic mass is 10.2. The first-order valence-electron chi connectivity index (χ1n) is 4.68. The SMILES string of the molecule is Cc1nn(C)cc1C1N[C@@H](C(=O)O)CS1. The van der Waals surface area contributed by atoms with Crippen molar-refractivity contribution >= 4 is 17.7 Å². The third-order valence-corrected chi connectivity index (χ3v) is 3.66. The summed E-state index contributed by atoms with van der Waals surface area (Å²) in [5, 5.41) is 16.2. The summed E-state index contributed by atoms with van der Waals surface area (Å²) in [7, 11) is 1.87. The van der Waals surface area contributed by atoms with Gasteiger partial charge in [0.05, 0.1) is 11.1 Å². The average Bonchev–Trinajstić information content (AvgIpc) is 2.71. The minimum absolute atomic E-state index is 0.0554. The standard InChI is InChI=1S/C9H13N3O2S/c1-5-6(3-12(2)11-5)8-10-7(4-15-8)9(13)14/h3,7-8,10H,4H2,1-2H3,(H,13,14)/t7-,8?/m1/s1. The van der Waals surface area contributed by atoms with Gasteiger partial charge < -0.3 is 5.11 Å². The monoisotopic (exact) mass is 227 g/mol. The van der Waals surface area contributed by atoms with Crippen LogP contribution in [0, 0.1) is 6.92 Å². The van der Waals surface area contributed by atoms with Crippen molar-refractivity contribution < 1.29 is 9.90 Å². The van der Waals surface area contributed by atoms with Crippen LogP contribution in [0.25, 0.3) is 0 Å². The first-order valence-corrected chi connectivity index (χ1v) is 5.73. The highest BCUT2D eigenvalue weighted by Crippen LogP contribution is 2.33. The second kappa shape index (κ2) is 3.86. The molecule has 15 heavy (non-hydrogen) atoms. The summed E-state index contributed by atoms with van der Waals surface area (Å²) in [6.07, 6.45) is 1.93. The average molecular weight is 227 g/mol. The molecule has 1 aromatic rings. The van der Waals surface area contributed by atoms with E-state index in [2.05, 4.69) is 10.4 Å². The van der Waals surface area contributed by atoms with Gasteiger partial charge in [0.2, 0.25) is 0 Å². The van der Waals surface area contributed by atoms with Gasteiger partial charge in [-0.05, 0) is 6.92 Å². The number of carbonyl (C=O) groups is 1. The van der Waals surface area contributed by atoms with Gasteiger partial charge in [-0.2, -0.15) is 5.10 Å². The van der Waals surface area contributed by atoms with Gasteiger partial charge in [0.25, 0.3) is 0 Å². The van der Waals surface area contributed by atoms with Gasteiger partial charge in [-0.15, -0.1) is 11.8 Å². The van der Waals surface area contributed by atoms with Crippen LogP contribution >= 0.6 is 11.8 Å². The fourth-order valence-corrected chi connectivity index (χ4v) is 2.96. The predicted molar refractivity (Wildman–Crippen MR) is 57.7 cm³/mol. The molecule has 1 aromatic heterocycles. The lowest BCUT2D eigenvalue weighted by Crippen LogP contribution is -2.33. The van der Waals surface area contributed by atoms with Crippen LogP contribution < -0.4 is 5.32 Å². The largest absolute Gasteiger partial charge is 0.480 e. The number of aryl methyl sites for hydroxylation is 2. The molecular weight excluding hydrogens is 214 g/mol. The fraction of sp³-hybridized carbons (Fsp3) is 0.556. The lowest BCUT2D eigenvalue weighted by molar-refractivity contribution is -0.138. The van der Waals surface area contributed by atoms with E-state index in [1.54, 1.807) is 16.4 Å². The Hall–Kier alpha value is -1.01. The van der Waals surface area contributed by atoms with E-state index >= 15 is 0 Å². The van der Waals surface area contributed by atoms with Crippen molar-refractivity contribution in [3.63, 3.8) is 0 Å². The highest BCUT2D eigenvalue weighted by Gasteiger charge is 2.31. The van der Waals surface area contributed by atoms with Gasteiger partial charge in [0.15, 0.2) is 0 Å². The number of hydrogen-bond donors (Lipinski definition) is 2. The molecule has 0 aromatic carbocycles. The number of thioether (sulfide) groups is 1. The minimum atomic E-state index is -0.786. The van der Waals surface area contributed by atoms with Gasteiger partial charge in [0.1, 0.15) is 6.04 Å².